The molecule has 1 aromatic heterocycles. The lowest BCUT2D eigenvalue weighted by molar-refractivity contribution is -0.0966. The second-order valence-corrected chi connectivity index (χ2v) is 10.5. The average Bonchev–Trinajstić information content (AvgIpc) is 3.00. The van der Waals surface area contributed by atoms with Gasteiger partial charge in [-0.15, -0.1) is 0 Å². The molecule has 2 aliphatic heterocycles. The third-order valence-corrected chi connectivity index (χ3v) is 7.35. The zero-order valence-electron chi connectivity index (χ0n) is 19.8. The summed E-state index contributed by atoms with van der Waals surface area (Å²) < 4.78 is 6.78. The molecule has 0 aliphatic carbocycles. The minimum atomic E-state index is -0.358. The topological polar surface area (TPSA) is 57.7 Å². The van der Waals surface area contributed by atoms with Crippen LogP contribution >= 0.6 is 23.2 Å². The number of fused-ring (bicyclic) bond motifs is 1. The van der Waals surface area contributed by atoms with Crippen LogP contribution in [0.5, 0.6) is 5.75 Å². The van der Waals surface area contributed by atoms with Crippen LogP contribution in [-0.2, 0) is 13.1 Å². The number of hydrogen-bond donors (Lipinski definition) is 1. The Hall–Kier alpha value is -2.64. The molecular weight excluding hydrogens is 483 g/mol. The Bertz CT molecular complexity index is 1230. The van der Waals surface area contributed by atoms with Crippen molar-refractivity contribution in [2.45, 2.75) is 38.6 Å². The summed E-state index contributed by atoms with van der Waals surface area (Å²) in [5, 5.41) is 4.19. The largest absolute Gasteiger partial charge is 0.481 e. The van der Waals surface area contributed by atoms with Crippen molar-refractivity contribution >= 4 is 34.8 Å². The standard InChI is InChI=1S/C27H28Cl2N4O2/c1-18(2)33-14-21-4-3-5-24(31-26(34)20-8-10-30-11-9-20)25(21)35-27(17-33)15-32(16-27)13-19-6-7-22(28)23(29)12-19/h3-12,18H,13-17H2,1-2H3,(H,31,34). The van der Waals surface area contributed by atoms with Gasteiger partial charge in [0.2, 0.25) is 0 Å². The molecule has 2 aromatic carbocycles. The number of benzene rings is 2. The monoisotopic (exact) mass is 510 g/mol. The van der Waals surface area contributed by atoms with Crippen LogP contribution in [0.15, 0.2) is 60.9 Å². The van der Waals surface area contributed by atoms with E-state index in [4.69, 9.17) is 27.9 Å². The van der Waals surface area contributed by atoms with Gasteiger partial charge in [-0.1, -0.05) is 41.4 Å². The minimum absolute atomic E-state index is 0.182. The van der Waals surface area contributed by atoms with Crippen molar-refractivity contribution in [1.29, 1.82) is 0 Å². The van der Waals surface area contributed by atoms with E-state index in [1.165, 1.54) is 0 Å². The fraction of sp³-hybridized carbons (Fsp3) is 0.333. The molecular formula is C27H28Cl2N4O2. The lowest BCUT2D eigenvalue weighted by Gasteiger charge is -2.51. The maximum absolute atomic E-state index is 12.9. The van der Waals surface area contributed by atoms with Gasteiger partial charge in [-0.3, -0.25) is 19.6 Å². The number of ether oxygens (including phenoxy) is 1. The Morgan fingerprint density at radius 1 is 1.09 bits per heavy atom. The van der Waals surface area contributed by atoms with E-state index in [-0.39, 0.29) is 11.5 Å². The maximum Gasteiger partial charge on any atom is 0.255 e. The molecule has 182 valence electrons. The number of likely N-dealkylation sites (tertiary alicyclic amines) is 1. The second kappa shape index (κ2) is 9.78. The number of halogens is 2. The van der Waals surface area contributed by atoms with Gasteiger partial charge in [0.05, 0.1) is 15.7 Å². The van der Waals surface area contributed by atoms with Crippen molar-refractivity contribution in [3.05, 3.63) is 87.7 Å². The van der Waals surface area contributed by atoms with Crippen LogP contribution in [0.4, 0.5) is 5.69 Å². The van der Waals surface area contributed by atoms with Crippen LogP contribution in [0.1, 0.15) is 35.3 Å². The molecule has 0 radical (unpaired) electrons. The first kappa shape index (κ1) is 24.1. The molecule has 1 saturated heterocycles. The SMILES string of the molecule is CC(C)N1Cc2cccc(NC(=O)c3ccncc3)c2OC2(CN(Cc3ccc(Cl)c(Cl)c3)C2)C1. The van der Waals surface area contributed by atoms with E-state index in [9.17, 15) is 4.79 Å². The first-order valence-corrected chi connectivity index (χ1v) is 12.5. The molecule has 6 nitrogen and oxygen atoms in total. The van der Waals surface area contributed by atoms with Crippen LogP contribution in [0, 0.1) is 0 Å². The van der Waals surface area contributed by atoms with Gasteiger partial charge in [0, 0.05) is 62.3 Å². The lowest BCUT2D eigenvalue weighted by Crippen LogP contribution is -2.68. The number of nitrogens with zero attached hydrogens (tertiary/aromatic N) is 3. The number of aromatic nitrogens is 1. The highest BCUT2D eigenvalue weighted by atomic mass is 35.5. The summed E-state index contributed by atoms with van der Waals surface area (Å²) in [5.74, 6) is 0.575. The molecule has 3 aromatic rings. The molecule has 3 heterocycles. The zero-order chi connectivity index (χ0) is 24.6. The summed E-state index contributed by atoms with van der Waals surface area (Å²) >= 11 is 12.3. The van der Waals surface area contributed by atoms with E-state index >= 15 is 0 Å². The van der Waals surface area contributed by atoms with E-state index in [2.05, 4.69) is 40.0 Å². The summed E-state index contributed by atoms with van der Waals surface area (Å²) in [6.45, 7) is 8.33. The van der Waals surface area contributed by atoms with Gasteiger partial charge in [0.25, 0.3) is 5.91 Å². The molecule has 1 amide bonds. The number of carbonyl (C=O) groups excluding carboxylic acids is 1. The van der Waals surface area contributed by atoms with E-state index in [1.807, 2.05) is 30.3 Å². The highest BCUT2D eigenvalue weighted by Crippen LogP contribution is 2.40. The smallest absolute Gasteiger partial charge is 0.255 e. The van der Waals surface area contributed by atoms with Crippen molar-refractivity contribution < 1.29 is 9.53 Å². The van der Waals surface area contributed by atoms with Crippen LogP contribution in [0.3, 0.4) is 0 Å². The predicted octanol–water partition coefficient (Wildman–Crippen LogP) is 5.50. The summed E-state index contributed by atoms with van der Waals surface area (Å²) in [6, 6.07) is 15.5. The van der Waals surface area contributed by atoms with Crippen molar-refractivity contribution in [3.8, 4) is 5.75 Å². The number of hydrogen-bond acceptors (Lipinski definition) is 5. The third kappa shape index (κ3) is 5.16. The maximum atomic E-state index is 12.9. The Labute approximate surface area is 215 Å². The lowest BCUT2D eigenvalue weighted by atomic mass is 9.92. The minimum Gasteiger partial charge on any atom is -0.481 e. The Balaban J connectivity index is 1.38. The Morgan fingerprint density at radius 3 is 2.57 bits per heavy atom. The van der Waals surface area contributed by atoms with E-state index < -0.39 is 0 Å². The molecule has 0 saturated carbocycles. The molecule has 1 spiro atoms. The predicted molar refractivity (Wildman–Crippen MR) is 139 cm³/mol. The second-order valence-electron chi connectivity index (χ2n) is 9.66. The van der Waals surface area contributed by atoms with Gasteiger partial charge >= 0.3 is 0 Å². The molecule has 35 heavy (non-hydrogen) atoms. The summed E-state index contributed by atoms with van der Waals surface area (Å²) in [6.07, 6.45) is 3.23. The first-order valence-electron chi connectivity index (χ1n) is 11.7. The summed E-state index contributed by atoms with van der Waals surface area (Å²) in [7, 11) is 0. The number of rotatable bonds is 5. The average molecular weight is 511 g/mol. The fourth-order valence-electron chi connectivity index (χ4n) is 4.83. The van der Waals surface area contributed by atoms with Crippen LogP contribution in [-0.4, -0.2) is 52.0 Å². The van der Waals surface area contributed by atoms with Crippen molar-refractivity contribution in [3.63, 3.8) is 0 Å². The van der Waals surface area contributed by atoms with Gasteiger partial charge in [0.1, 0.15) is 11.4 Å². The molecule has 8 heteroatoms. The fourth-order valence-corrected chi connectivity index (χ4v) is 5.15. The van der Waals surface area contributed by atoms with Crippen LogP contribution in [0.25, 0.3) is 0 Å². The molecule has 0 atom stereocenters. The van der Waals surface area contributed by atoms with Gasteiger partial charge in [-0.05, 0) is 49.7 Å². The summed E-state index contributed by atoms with van der Waals surface area (Å²) in [4.78, 5) is 21.7. The van der Waals surface area contributed by atoms with Gasteiger partial charge in [0.15, 0.2) is 0 Å². The molecule has 2 aliphatic rings. The van der Waals surface area contributed by atoms with E-state index in [0.29, 0.717) is 27.3 Å². The molecule has 1 N–H and O–H groups in total. The summed E-state index contributed by atoms with van der Waals surface area (Å²) in [5.41, 5.74) is 3.09. The number of pyridine rings is 1. The van der Waals surface area contributed by atoms with E-state index in [0.717, 1.165) is 49.6 Å². The van der Waals surface area contributed by atoms with Crippen molar-refractivity contribution in [1.82, 2.24) is 14.8 Å². The highest BCUT2D eigenvalue weighted by Gasteiger charge is 2.48. The molecule has 0 unspecified atom stereocenters. The molecule has 1 fully saturated rings. The van der Waals surface area contributed by atoms with Gasteiger partial charge in [-0.2, -0.15) is 0 Å². The van der Waals surface area contributed by atoms with Crippen LogP contribution in [0.2, 0.25) is 10.0 Å². The Morgan fingerprint density at radius 2 is 1.86 bits per heavy atom. The zero-order valence-corrected chi connectivity index (χ0v) is 21.3. The first-order chi connectivity index (χ1) is 16.8. The molecule has 5 rings (SSSR count). The van der Waals surface area contributed by atoms with Gasteiger partial charge in [-0.25, -0.2) is 0 Å². The van der Waals surface area contributed by atoms with Gasteiger partial charge < -0.3 is 10.1 Å². The normalized spacial score (nSPS) is 17.4. The quantitative estimate of drug-likeness (QED) is 0.491. The number of para-hydroxylation sites is 1. The highest BCUT2D eigenvalue weighted by molar-refractivity contribution is 6.42. The number of amides is 1. The third-order valence-electron chi connectivity index (χ3n) is 6.61. The van der Waals surface area contributed by atoms with E-state index in [1.54, 1.807) is 24.5 Å². The van der Waals surface area contributed by atoms with Crippen molar-refractivity contribution in [2.75, 3.05) is 25.0 Å². The Kier molecular flexibility index (Phi) is 6.73. The van der Waals surface area contributed by atoms with Crippen LogP contribution < -0.4 is 10.1 Å². The number of nitrogens with one attached hydrogen (secondary N) is 1. The number of anilines is 1. The molecule has 0 bridgehead atoms. The number of carbonyl (C=O) groups is 1. The van der Waals surface area contributed by atoms with Crippen molar-refractivity contribution in [2.24, 2.45) is 0 Å².